The molecule has 0 unspecified atom stereocenters. The standard InChI is InChI=1S/C10H11N3O/c1-10(6-12-7-10)14-9-2-3-13-8(4-9)5-11/h2-4,12H,6-7H2,1H3. The van der Waals surface area contributed by atoms with Crippen LogP contribution in [0.4, 0.5) is 0 Å². The molecule has 1 N–H and O–H groups in total. The molecular formula is C10H11N3O. The van der Waals surface area contributed by atoms with Gasteiger partial charge in [0.15, 0.2) is 0 Å². The summed E-state index contributed by atoms with van der Waals surface area (Å²) in [6.07, 6.45) is 1.59. The average Bonchev–Trinajstić information content (AvgIpc) is 2.16. The normalized spacial score (nSPS) is 18.0. The maximum Gasteiger partial charge on any atom is 0.144 e. The number of nitrogens with zero attached hydrogens (tertiary/aromatic N) is 2. The molecule has 0 aromatic carbocycles. The zero-order valence-electron chi connectivity index (χ0n) is 7.95. The highest BCUT2D eigenvalue weighted by Gasteiger charge is 2.33. The second-order valence-electron chi connectivity index (χ2n) is 3.64. The van der Waals surface area contributed by atoms with Gasteiger partial charge in [0.05, 0.1) is 0 Å². The number of pyridine rings is 1. The molecule has 1 saturated heterocycles. The molecule has 4 heteroatoms. The van der Waals surface area contributed by atoms with Gasteiger partial charge in [-0.05, 0) is 13.0 Å². The number of rotatable bonds is 2. The van der Waals surface area contributed by atoms with Crippen molar-refractivity contribution in [1.82, 2.24) is 10.3 Å². The Hall–Kier alpha value is -1.60. The van der Waals surface area contributed by atoms with Gasteiger partial charge in [0, 0.05) is 25.4 Å². The van der Waals surface area contributed by atoms with Crippen LogP contribution in [-0.4, -0.2) is 23.7 Å². The lowest BCUT2D eigenvalue weighted by Crippen LogP contribution is -2.61. The SMILES string of the molecule is CC1(Oc2ccnc(C#N)c2)CNC1. The van der Waals surface area contributed by atoms with E-state index in [0.29, 0.717) is 11.4 Å². The van der Waals surface area contributed by atoms with Crippen LogP contribution < -0.4 is 10.1 Å². The molecule has 1 fully saturated rings. The molecule has 1 aliphatic heterocycles. The maximum atomic E-state index is 8.65. The van der Waals surface area contributed by atoms with Crippen molar-refractivity contribution in [2.75, 3.05) is 13.1 Å². The molecule has 0 atom stereocenters. The van der Waals surface area contributed by atoms with E-state index in [1.165, 1.54) is 0 Å². The van der Waals surface area contributed by atoms with Crippen LogP contribution in [0, 0.1) is 11.3 Å². The van der Waals surface area contributed by atoms with Gasteiger partial charge in [-0.1, -0.05) is 0 Å². The van der Waals surface area contributed by atoms with Crippen molar-refractivity contribution in [3.8, 4) is 11.8 Å². The molecular weight excluding hydrogens is 178 g/mol. The van der Waals surface area contributed by atoms with Gasteiger partial charge in [0.2, 0.25) is 0 Å². The molecule has 1 aromatic heterocycles. The van der Waals surface area contributed by atoms with Crippen LogP contribution in [0.5, 0.6) is 5.75 Å². The van der Waals surface area contributed by atoms with Crippen LogP contribution >= 0.6 is 0 Å². The molecule has 4 nitrogen and oxygen atoms in total. The summed E-state index contributed by atoms with van der Waals surface area (Å²) in [6.45, 7) is 3.73. The van der Waals surface area contributed by atoms with Crippen molar-refractivity contribution in [1.29, 1.82) is 5.26 Å². The molecule has 72 valence electrons. The summed E-state index contributed by atoms with van der Waals surface area (Å²) in [7, 11) is 0. The van der Waals surface area contributed by atoms with Crippen molar-refractivity contribution in [3.05, 3.63) is 24.0 Å². The molecule has 2 heterocycles. The lowest BCUT2D eigenvalue weighted by Gasteiger charge is -2.39. The topological polar surface area (TPSA) is 57.9 Å². The summed E-state index contributed by atoms with van der Waals surface area (Å²) in [5.41, 5.74) is 0.257. The van der Waals surface area contributed by atoms with E-state index in [-0.39, 0.29) is 5.60 Å². The third-order valence-corrected chi connectivity index (χ3v) is 2.21. The minimum absolute atomic E-state index is 0.131. The van der Waals surface area contributed by atoms with Gasteiger partial charge in [-0.15, -0.1) is 0 Å². The fourth-order valence-corrected chi connectivity index (χ4v) is 1.37. The quantitative estimate of drug-likeness (QED) is 0.743. The molecule has 0 aliphatic carbocycles. The Morgan fingerprint density at radius 3 is 3.00 bits per heavy atom. The van der Waals surface area contributed by atoms with Crippen molar-refractivity contribution >= 4 is 0 Å². The fraction of sp³-hybridized carbons (Fsp3) is 0.400. The Labute approximate surface area is 82.5 Å². The number of nitrogens with one attached hydrogen (secondary N) is 1. The third kappa shape index (κ3) is 1.68. The second-order valence-corrected chi connectivity index (χ2v) is 3.64. The van der Waals surface area contributed by atoms with E-state index in [1.54, 1.807) is 18.3 Å². The lowest BCUT2D eigenvalue weighted by atomic mass is 10.00. The van der Waals surface area contributed by atoms with Gasteiger partial charge in [0.1, 0.15) is 23.1 Å². The first-order chi connectivity index (χ1) is 6.72. The van der Waals surface area contributed by atoms with Crippen molar-refractivity contribution in [3.63, 3.8) is 0 Å². The summed E-state index contributed by atoms with van der Waals surface area (Å²) in [6, 6.07) is 5.41. The van der Waals surface area contributed by atoms with Gasteiger partial charge in [-0.2, -0.15) is 5.26 Å². The van der Waals surface area contributed by atoms with E-state index in [2.05, 4.69) is 10.3 Å². The number of nitriles is 1. The van der Waals surface area contributed by atoms with Gasteiger partial charge >= 0.3 is 0 Å². The molecule has 0 amide bonds. The highest BCUT2D eigenvalue weighted by atomic mass is 16.5. The van der Waals surface area contributed by atoms with Crippen LogP contribution in [0.2, 0.25) is 0 Å². The predicted molar refractivity (Wildman–Crippen MR) is 50.9 cm³/mol. The summed E-state index contributed by atoms with van der Waals surface area (Å²) >= 11 is 0. The molecule has 0 radical (unpaired) electrons. The second kappa shape index (κ2) is 3.28. The maximum absolute atomic E-state index is 8.65. The van der Waals surface area contributed by atoms with Crippen LogP contribution in [0.25, 0.3) is 0 Å². The number of hydrogen-bond donors (Lipinski definition) is 1. The Kier molecular flexibility index (Phi) is 2.10. The van der Waals surface area contributed by atoms with E-state index in [4.69, 9.17) is 10.00 Å². The molecule has 1 aromatic rings. The van der Waals surface area contributed by atoms with E-state index in [9.17, 15) is 0 Å². The first-order valence-corrected chi connectivity index (χ1v) is 4.48. The zero-order chi connectivity index (χ0) is 10.0. The summed E-state index contributed by atoms with van der Waals surface area (Å²) in [5, 5.41) is 11.8. The summed E-state index contributed by atoms with van der Waals surface area (Å²) in [4.78, 5) is 3.88. The molecule has 2 rings (SSSR count). The highest BCUT2D eigenvalue weighted by Crippen LogP contribution is 2.21. The largest absolute Gasteiger partial charge is 0.485 e. The molecule has 0 bridgehead atoms. The van der Waals surface area contributed by atoms with E-state index in [0.717, 1.165) is 13.1 Å². The zero-order valence-corrected chi connectivity index (χ0v) is 7.95. The van der Waals surface area contributed by atoms with Gasteiger partial charge in [-0.25, -0.2) is 4.98 Å². The smallest absolute Gasteiger partial charge is 0.144 e. The van der Waals surface area contributed by atoms with Crippen LogP contribution in [0.15, 0.2) is 18.3 Å². The fourth-order valence-electron chi connectivity index (χ4n) is 1.37. The Balaban J connectivity index is 2.13. The van der Waals surface area contributed by atoms with Crippen LogP contribution in [0.1, 0.15) is 12.6 Å². The first kappa shape index (κ1) is 8.97. The summed E-state index contributed by atoms with van der Waals surface area (Å²) in [5.74, 6) is 0.709. The lowest BCUT2D eigenvalue weighted by molar-refractivity contribution is 0.0348. The third-order valence-electron chi connectivity index (χ3n) is 2.21. The van der Waals surface area contributed by atoms with Gasteiger partial charge in [0.25, 0.3) is 0 Å². The van der Waals surface area contributed by atoms with E-state index < -0.39 is 0 Å². The van der Waals surface area contributed by atoms with Gasteiger partial charge in [-0.3, -0.25) is 0 Å². The molecule has 0 saturated carbocycles. The van der Waals surface area contributed by atoms with Crippen LogP contribution in [0.3, 0.4) is 0 Å². The minimum Gasteiger partial charge on any atom is -0.485 e. The monoisotopic (exact) mass is 189 g/mol. The van der Waals surface area contributed by atoms with E-state index in [1.807, 2.05) is 13.0 Å². The predicted octanol–water partition coefficient (Wildman–Crippen LogP) is 0.694. The average molecular weight is 189 g/mol. The molecule has 14 heavy (non-hydrogen) atoms. The first-order valence-electron chi connectivity index (χ1n) is 4.48. The number of aromatic nitrogens is 1. The molecule has 0 spiro atoms. The number of ether oxygens (including phenoxy) is 1. The van der Waals surface area contributed by atoms with Crippen molar-refractivity contribution < 1.29 is 4.74 Å². The Morgan fingerprint density at radius 2 is 2.43 bits per heavy atom. The Morgan fingerprint density at radius 1 is 1.64 bits per heavy atom. The minimum atomic E-state index is -0.131. The number of hydrogen-bond acceptors (Lipinski definition) is 4. The molecule has 1 aliphatic rings. The Bertz CT molecular complexity index is 379. The van der Waals surface area contributed by atoms with Gasteiger partial charge < -0.3 is 10.1 Å². The van der Waals surface area contributed by atoms with Crippen molar-refractivity contribution in [2.24, 2.45) is 0 Å². The van der Waals surface area contributed by atoms with E-state index >= 15 is 0 Å². The van der Waals surface area contributed by atoms with Crippen molar-refractivity contribution in [2.45, 2.75) is 12.5 Å². The highest BCUT2D eigenvalue weighted by molar-refractivity contribution is 5.30. The summed E-state index contributed by atoms with van der Waals surface area (Å²) < 4.78 is 5.73. The van der Waals surface area contributed by atoms with Crippen LogP contribution in [-0.2, 0) is 0 Å².